The molecule has 0 saturated heterocycles. The lowest BCUT2D eigenvalue weighted by atomic mass is 9.95. The molecular weight excluding hydrogens is 280 g/mol. The lowest BCUT2D eigenvalue weighted by Crippen LogP contribution is -2.17. The number of nitrogens with one attached hydrogen (secondary N) is 1. The molecule has 1 aliphatic carbocycles. The van der Waals surface area contributed by atoms with Crippen molar-refractivity contribution in [2.75, 3.05) is 0 Å². The van der Waals surface area contributed by atoms with E-state index in [1.165, 1.54) is 19.3 Å². The van der Waals surface area contributed by atoms with E-state index in [9.17, 15) is 4.79 Å². The van der Waals surface area contributed by atoms with Gasteiger partial charge in [-0.15, -0.1) is 0 Å². The Bertz CT molecular complexity index is 653. The standard InChI is InChI=1S/C15H22N6O/c1-2-12-11(9-17-19-12)15-18-14(8-13(16)22)20-21(15)10-6-4-3-5-7-10/h9-10H,2-8H2,1H3,(H2,16,22)(H,17,19). The summed E-state index contributed by atoms with van der Waals surface area (Å²) < 4.78 is 1.99. The molecule has 0 bridgehead atoms. The monoisotopic (exact) mass is 302 g/mol. The van der Waals surface area contributed by atoms with Crippen LogP contribution in [0.2, 0.25) is 0 Å². The van der Waals surface area contributed by atoms with Crippen molar-refractivity contribution < 1.29 is 4.79 Å². The van der Waals surface area contributed by atoms with E-state index in [-0.39, 0.29) is 6.42 Å². The maximum atomic E-state index is 11.2. The van der Waals surface area contributed by atoms with Gasteiger partial charge in [0.1, 0.15) is 0 Å². The molecule has 1 amide bonds. The van der Waals surface area contributed by atoms with E-state index in [1.807, 2.05) is 4.68 Å². The van der Waals surface area contributed by atoms with Crippen LogP contribution >= 0.6 is 0 Å². The largest absolute Gasteiger partial charge is 0.369 e. The van der Waals surface area contributed by atoms with E-state index < -0.39 is 5.91 Å². The zero-order valence-corrected chi connectivity index (χ0v) is 12.9. The van der Waals surface area contributed by atoms with E-state index in [4.69, 9.17) is 5.73 Å². The zero-order valence-electron chi connectivity index (χ0n) is 12.9. The second-order valence-electron chi connectivity index (χ2n) is 5.85. The van der Waals surface area contributed by atoms with Gasteiger partial charge >= 0.3 is 0 Å². The number of carbonyl (C=O) groups is 1. The Kier molecular flexibility index (Phi) is 4.22. The molecule has 3 N–H and O–H groups in total. The number of rotatable bonds is 5. The molecule has 2 aromatic heterocycles. The lowest BCUT2D eigenvalue weighted by Gasteiger charge is -2.23. The summed E-state index contributed by atoms with van der Waals surface area (Å²) >= 11 is 0. The van der Waals surface area contributed by atoms with Gasteiger partial charge in [-0.2, -0.15) is 10.2 Å². The van der Waals surface area contributed by atoms with Crippen molar-refractivity contribution in [2.45, 2.75) is 57.9 Å². The highest BCUT2D eigenvalue weighted by Gasteiger charge is 2.24. The van der Waals surface area contributed by atoms with Crippen molar-refractivity contribution in [3.05, 3.63) is 17.7 Å². The molecule has 0 atom stereocenters. The number of hydrogen-bond donors (Lipinski definition) is 2. The summed E-state index contributed by atoms with van der Waals surface area (Å²) in [6, 6.07) is 0.345. The van der Waals surface area contributed by atoms with E-state index in [0.717, 1.165) is 36.3 Å². The van der Waals surface area contributed by atoms with Gasteiger partial charge in [-0.3, -0.25) is 9.89 Å². The average Bonchev–Trinajstić information content (AvgIpc) is 3.13. The number of nitrogens with zero attached hydrogens (tertiary/aromatic N) is 4. The van der Waals surface area contributed by atoms with E-state index >= 15 is 0 Å². The first-order chi connectivity index (χ1) is 10.7. The highest BCUT2D eigenvalue weighted by Crippen LogP contribution is 2.32. The molecular formula is C15H22N6O. The number of H-pyrrole nitrogens is 1. The van der Waals surface area contributed by atoms with E-state index in [2.05, 4.69) is 27.2 Å². The fourth-order valence-electron chi connectivity index (χ4n) is 3.14. The van der Waals surface area contributed by atoms with Crippen molar-refractivity contribution in [2.24, 2.45) is 5.73 Å². The molecule has 0 unspecified atom stereocenters. The number of hydrogen-bond acceptors (Lipinski definition) is 4. The summed E-state index contributed by atoms with van der Waals surface area (Å²) in [5.74, 6) is 0.889. The molecule has 22 heavy (non-hydrogen) atoms. The Morgan fingerprint density at radius 2 is 2.18 bits per heavy atom. The van der Waals surface area contributed by atoms with Crippen molar-refractivity contribution in [1.29, 1.82) is 0 Å². The van der Waals surface area contributed by atoms with Crippen LogP contribution in [0.5, 0.6) is 0 Å². The van der Waals surface area contributed by atoms with Gasteiger partial charge in [0.25, 0.3) is 0 Å². The highest BCUT2D eigenvalue weighted by atomic mass is 16.1. The van der Waals surface area contributed by atoms with Gasteiger partial charge in [-0.1, -0.05) is 26.2 Å². The number of carbonyl (C=O) groups excluding carboxylic acids is 1. The second kappa shape index (κ2) is 6.29. The van der Waals surface area contributed by atoms with Crippen molar-refractivity contribution in [3.8, 4) is 11.4 Å². The molecule has 118 valence electrons. The normalized spacial score (nSPS) is 16.0. The molecule has 1 fully saturated rings. The van der Waals surface area contributed by atoms with Crippen LogP contribution in [0.15, 0.2) is 6.20 Å². The van der Waals surface area contributed by atoms with Crippen LogP contribution in [0, 0.1) is 0 Å². The summed E-state index contributed by atoms with van der Waals surface area (Å²) in [5, 5.41) is 11.7. The molecule has 0 aromatic carbocycles. The molecule has 0 aliphatic heterocycles. The van der Waals surface area contributed by atoms with Gasteiger partial charge in [0.05, 0.1) is 24.2 Å². The van der Waals surface area contributed by atoms with Crippen LogP contribution in [-0.4, -0.2) is 30.9 Å². The highest BCUT2D eigenvalue weighted by molar-refractivity contribution is 5.75. The minimum atomic E-state index is -0.407. The smallest absolute Gasteiger partial charge is 0.225 e. The van der Waals surface area contributed by atoms with Crippen LogP contribution in [0.1, 0.15) is 56.6 Å². The topological polar surface area (TPSA) is 102 Å². The molecule has 3 rings (SSSR count). The molecule has 0 spiro atoms. The lowest BCUT2D eigenvalue weighted by molar-refractivity contribution is -0.117. The first-order valence-electron chi connectivity index (χ1n) is 7.95. The first-order valence-corrected chi connectivity index (χ1v) is 7.95. The Hall–Kier alpha value is -2.18. The van der Waals surface area contributed by atoms with Gasteiger partial charge in [0, 0.05) is 5.69 Å². The first kappa shape index (κ1) is 14.7. The predicted octanol–water partition coefficient (Wildman–Crippen LogP) is 1.76. The summed E-state index contributed by atoms with van der Waals surface area (Å²) in [6.45, 7) is 2.07. The zero-order chi connectivity index (χ0) is 15.5. The van der Waals surface area contributed by atoms with Crippen LogP contribution in [0.25, 0.3) is 11.4 Å². The fraction of sp³-hybridized carbons (Fsp3) is 0.600. The number of amides is 1. The van der Waals surface area contributed by atoms with Gasteiger partial charge < -0.3 is 5.73 Å². The molecule has 7 heteroatoms. The summed E-state index contributed by atoms with van der Waals surface area (Å²) in [6.07, 6.45) is 8.61. The Morgan fingerprint density at radius 1 is 1.41 bits per heavy atom. The predicted molar refractivity (Wildman–Crippen MR) is 82.0 cm³/mol. The van der Waals surface area contributed by atoms with Crippen LogP contribution in [-0.2, 0) is 17.6 Å². The van der Waals surface area contributed by atoms with Crippen LogP contribution in [0.4, 0.5) is 0 Å². The third-order valence-corrected chi connectivity index (χ3v) is 4.24. The minimum Gasteiger partial charge on any atom is -0.369 e. The summed E-state index contributed by atoms with van der Waals surface area (Å²) in [4.78, 5) is 15.8. The van der Waals surface area contributed by atoms with E-state index in [0.29, 0.717) is 11.9 Å². The molecule has 2 heterocycles. The van der Waals surface area contributed by atoms with E-state index in [1.54, 1.807) is 6.20 Å². The second-order valence-corrected chi connectivity index (χ2v) is 5.85. The molecule has 1 saturated carbocycles. The number of aromatic nitrogens is 5. The average molecular weight is 302 g/mol. The molecule has 7 nitrogen and oxygen atoms in total. The van der Waals surface area contributed by atoms with Gasteiger partial charge in [-0.05, 0) is 19.3 Å². The maximum Gasteiger partial charge on any atom is 0.225 e. The van der Waals surface area contributed by atoms with Crippen LogP contribution in [0.3, 0.4) is 0 Å². The fourth-order valence-corrected chi connectivity index (χ4v) is 3.14. The Morgan fingerprint density at radius 3 is 2.86 bits per heavy atom. The summed E-state index contributed by atoms with van der Waals surface area (Å²) in [7, 11) is 0. The minimum absolute atomic E-state index is 0.0754. The van der Waals surface area contributed by atoms with Crippen LogP contribution < -0.4 is 5.73 Å². The molecule has 1 aliphatic rings. The maximum absolute atomic E-state index is 11.2. The Labute approximate surface area is 129 Å². The quantitative estimate of drug-likeness (QED) is 0.878. The van der Waals surface area contributed by atoms with Gasteiger partial charge in [-0.25, -0.2) is 9.67 Å². The summed E-state index contributed by atoms with van der Waals surface area (Å²) in [5.41, 5.74) is 7.30. The number of nitrogens with two attached hydrogens (primary N) is 1. The number of aryl methyl sites for hydroxylation is 1. The van der Waals surface area contributed by atoms with Crippen molar-refractivity contribution >= 4 is 5.91 Å². The van der Waals surface area contributed by atoms with Gasteiger partial charge in [0.2, 0.25) is 5.91 Å². The third kappa shape index (κ3) is 2.88. The SMILES string of the molecule is CCc1[nH]ncc1-c1nc(CC(N)=O)nn1C1CCCCC1. The number of aromatic amines is 1. The Balaban J connectivity index is 2.02. The van der Waals surface area contributed by atoms with Gasteiger partial charge in [0.15, 0.2) is 11.6 Å². The van der Waals surface area contributed by atoms with Crippen molar-refractivity contribution in [1.82, 2.24) is 25.0 Å². The number of primary amides is 1. The molecule has 0 radical (unpaired) electrons. The molecule has 2 aromatic rings. The van der Waals surface area contributed by atoms with Crippen molar-refractivity contribution in [3.63, 3.8) is 0 Å². The third-order valence-electron chi connectivity index (χ3n) is 4.24.